The van der Waals surface area contributed by atoms with Crippen molar-refractivity contribution in [2.75, 3.05) is 20.1 Å². The second-order valence-corrected chi connectivity index (χ2v) is 6.39. The summed E-state index contributed by atoms with van der Waals surface area (Å²) in [4.78, 5) is 18.0. The predicted molar refractivity (Wildman–Crippen MR) is 110 cm³/mol. The van der Waals surface area contributed by atoms with Gasteiger partial charge in [-0.3, -0.25) is 9.79 Å². The third kappa shape index (κ3) is 6.30. The Morgan fingerprint density at radius 3 is 2.54 bits per heavy atom. The fraction of sp³-hybridized carbons (Fsp3) is 0.556. The van der Waals surface area contributed by atoms with Crippen molar-refractivity contribution in [2.45, 2.75) is 39.8 Å². The summed E-state index contributed by atoms with van der Waals surface area (Å²) in [6, 6.07) is 8.29. The lowest BCUT2D eigenvalue weighted by Gasteiger charge is -2.19. The number of nitrogens with zero attached hydrogens (tertiary/aromatic N) is 2. The van der Waals surface area contributed by atoms with Crippen LogP contribution in [0.25, 0.3) is 0 Å². The number of hydrogen-bond donors (Lipinski definition) is 2. The molecule has 2 rings (SSSR count). The van der Waals surface area contributed by atoms with Gasteiger partial charge in [-0.2, -0.15) is 0 Å². The smallest absolute Gasteiger partial charge is 0.222 e. The molecule has 0 radical (unpaired) electrons. The average molecular weight is 444 g/mol. The highest BCUT2D eigenvalue weighted by atomic mass is 127. The van der Waals surface area contributed by atoms with Gasteiger partial charge in [0.1, 0.15) is 0 Å². The summed E-state index contributed by atoms with van der Waals surface area (Å²) in [5.74, 6) is 1.65. The predicted octanol–water partition coefficient (Wildman–Crippen LogP) is 2.75. The van der Waals surface area contributed by atoms with Crippen molar-refractivity contribution in [2.24, 2.45) is 10.9 Å². The van der Waals surface area contributed by atoms with Crippen LogP contribution in [0.5, 0.6) is 0 Å². The number of nitrogens with one attached hydrogen (secondary N) is 2. The van der Waals surface area contributed by atoms with E-state index in [-0.39, 0.29) is 29.9 Å². The number of halogens is 1. The van der Waals surface area contributed by atoms with Crippen molar-refractivity contribution < 1.29 is 4.79 Å². The van der Waals surface area contributed by atoms with E-state index in [4.69, 9.17) is 0 Å². The van der Waals surface area contributed by atoms with Crippen molar-refractivity contribution in [1.29, 1.82) is 0 Å². The number of aliphatic imine (C=N–C) groups is 1. The third-order valence-corrected chi connectivity index (χ3v) is 4.00. The maximum Gasteiger partial charge on any atom is 0.222 e. The molecule has 1 amide bonds. The van der Waals surface area contributed by atoms with Gasteiger partial charge in [-0.1, -0.05) is 38.1 Å². The second-order valence-electron chi connectivity index (χ2n) is 6.39. The first-order chi connectivity index (χ1) is 11.1. The molecular weight excluding hydrogens is 415 g/mol. The minimum absolute atomic E-state index is 0. The van der Waals surface area contributed by atoms with Gasteiger partial charge in [-0.25, -0.2) is 0 Å². The van der Waals surface area contributed by atoms with Gasteiger partial charge < -0.3 is 15.5 Å². The van der Waals surface area contributed by atoms with E-state index in [2.05, 4.69) is 41.6 Å². The van der Waals surface area contributed by atoms with E-state index in [1.54, 1.807) is 7.05 Å². The summed E-state index contributed by atoms with van der Waals surface area (Å²) in [6.07, 6.45) is 1.66. The molecule has 1 aromatic rings. The molecule has 0 spiro atoms. The Morgan fingerprint density at radius 2 is 1.96 bits per heavy atom. The molecule has 0 unspecified atom stereocenters. The Balaban J connectivity index is 0.00000288. The molecule has 1 fully saturated rings. The van der Waals surface area contributed by atoms with Crippen molar-refractivity contribution >= 4 is 35.8 Å². The Bertz CT molecular complexity index is 560. The molecule has 0 saturated carbocycles. The third-order valence-electron chi connectivity index (χ3n) is 4.00. The molecule has 1 aromatic carbocycles. The summed E-state index contributed by atoms with van der Waals surface area (Å²) < 4.78 is 0. The lowest BCUT2D eigenvalue weighted by atomic mass is 10.1. The summed E-state index contributed by atoms with van der Waals surface area (Å²) in [5.41, 5.74) is 2.41. The van der Waals surface area contributed by atoms with Gasteiger partial charge in [-0.05, 0) is 23.5 Å². The van der Waals surface area contributed by atoms with Gasteiger partial charge in [0.15, 0.2) is 5.96 Å². The zero-order valence-corrected chi connectivity index (χ0v) is 17.2. The summed E-state index contributed by atoms with van der Waals surface area (Å²) in [6.45, 7) is 7.51. The lowest BCUT2D eigenvalue weighted by molar-refractivity contribution is -0.128. The minimum atomic E-state index is 0. The molecule has 1 heterocycles. The molecule has 5 nitrogen and oxygen atoms in total. The number of rotatable bonds is 6. The van der Waals surface area contributed by atoms with Crippen LogP contribution in [0.1, 0.15) is 37.8 Å². The molecule has 0 atom stereocenters. The Morgan fingerprint density at radius 1 is 1.25 bits per heavy atom. The number of benzene rings is 1. The van der Waals surface area contributed by atoms with Gasteiger partial charge in [0.05, 0.1) is 0 Å². The molecule has 1 aliphatic rings. The molecule has 6 heteroatoms. The zero-order chi connectivity index (χ0) is 16.7. The van der Waals surface area contributed by atoms with Crippen LogP contribution in [-0.2, 0) is 17.9 Å². The quantitative estimate of drug-likeness (QED) is 0.403. The van der Waals surface area contributed by atoms with Crippen LogP contribution in [0.4, 0.5) is 0 Å². The topological polar surface area (TPSA) is 56.7 Å². The minimum Gasteiger partial charge on any atom is -0.356 e. The lowest BCUT2D eigenvalue weighted by Crippen LogP contribution is -2.38. The van der Waals surface area contributed by atoms with E-state index in [9.17, 15) is 4.79 Å². The number of amides is 1. The molecule has 2 N–H and O–H groups in total. The zero-order valence-electron chi connectivity index (χ0n) is 14.8. The SMILES string of the molecule is CN=C(NCc1ccccc1CN1CCCC1=O)NCC(C)C.I. The van der Waals surface area contributed by atoms with Crippen molar-refractivity contribution in [3.05, 3.63) is 35.4 Å². The first-order valence-electron chi connectivity index (χ1n) is 8.39. The second kappa shape index (κ2) is 10.5. The van der Waals surface area contributed by atoms with Crippen LogP contribution in [0.3, 0.4) is 0 Å². The Kier molecular flexibility index (Phi) is 9.10. The van der Waals surface area contributed by atoms with Gasteiger partial charge in [0.2, 0.25) is 5.91 Å². The maximum atomic E-state index is 11.8. The fourth-order valence-electron chi connectivity index (χ4n) is 2.66. The molecule has 0 bridgehead atoms. The highest BCUT2D eigenvalue weighted by Crippen LogP contribution is 2.17. The van der Waals surface area contributed by atoms with Gasteiger partial charge >= 0.3 is 0 Å². The van der Waals surface area contributed by atoms with Crippen LogP contribution >= 0.6 is 24.0 Å². The molecule has 1 aliphatic heterocycles. The van der Waals surface area contributed by atoms with E-state index in [1.807, 2.05) is 17.0 Å². The molecule has 134 valence electrons. The number of likely N-dealkylation sites (tertiary alicyclic amines) is 1. The van der Waals surface area contributed by atoms with Gasteiger partial charge in [0.25, 0.3) is 0 Å². The standard InChI is InChI=1S/C18H28N4O.HI/c1-14(2)11-20-18(19-3)21-12-15-7-4-5-8-16(15)13-22-10-6-9-17(22)23;/h4-5,7-8,14H,6,9-13H2,1-3H3,(H2,19,20,21);1H. The van der Waals surface area contributed by atoms with Gasteiger partial charge in [0, 0.05) is 39.6 Å². The molecular formula is C18H29IN4O. The maximum absolute atomic E-state index is 11.8. The van der Waals surface area contributed by atoms with Crippen molar-refractivity contribution in [1.82, 2.24) is 15.5 Å². The molecule has 1 saturated heterocycles. The summed E-state index contributed by atoms with van der Waals surface area (Å²) >= 11 is 0. The molecule has 0 aromatic heterocycles. The number of guanidine groups is 1. The Labute approximate surface area is 162 Å². The number of carbonyl (C=O) groups excluding carboxylic acids is 1. The number of carbonyl (C=O) groups is 1. The van der Waals surface area contributed by atoms with E-state index in [1.165, 1.54) is 11.1 Å². The van der Waals surface area contributed by atoms with Gasteiger partial charge in [-0.15, -0.1) is 24.0 Å². The van der Waals surface area contributed by atoms with Crippen LogP contribution < -0.4 is 10.6 Å². The summed E-state index contributed by atoms with van der Waals surface area (Å²) in [5, 5.41) is 6.67. The largest absolute Gasteiger partial charge is 0.356 e. The Hall–Kier alpha value is -1.31. The number of hydrogen-bond acceptors (Lipinski definition) is 2. The normalized spacial score (nSPS) is 14.8. The fourth-order valence-corrected chi connectivity index (χ4v) is 2.66. The van der Waals surface area contributed by atoms with E-state index >= 15 is 0 Å². The summed E-state index contributed by atoms with van der Waals surface area (Å²) in [7, 11) is 1.78. The highest BCUT2D eigenvalue weighted by Gasteiger charge is 2.20. The van der Waals surface area contributed by atoms with E-state index in [0.29, 0.717) is 25.4 Å². The van der Waals surface area contributed by atoms with E-state index < -0.39 is 0 Å². The van der Waals surface area contributed by atoms with Crippen LogP contribution in [0, 0.1) is 5.92 Å². The van der Waals surface area contributed by atoms with Crippen molar-refractivity contribution in [3.63, 3.8) is 0 Å². The molecule has 24 heavy (non-hydrogen) atoms. The van der Waals surface area contributed by atoms with E-state index in [0.717, 1.165) is 25.5 Å². The molecule has 0 aliphatic carbocycles. The highest BCUT2D eigenvalue weighted by molar-refractivity contribution is 14.0. The van der Waals surface area contributed by atoms with Crippen LogP contribution in [0.15, 0.2) is 29.3 Å². The monoisotopic (exact) mass is 444 g/mol. The van der Waals surface area contributed by atoms with Crippen molar-refractivity contribution in [3.8, 4) is 0 Å². The van der Waals surface area contributed by atoms with Crippen LogP contribution in [-0.4, -0.2) is 36.9 Å². The average Bonchev–Trinajstić information content (AvgIpc) is 2.94. The first-order valence-corrected chi connectivity index (χ1v) is 8.39. The van der Waals surface area contributed by atoms with Crippen LogP contribution in [0.2, 0.25) is 0 Å². The first kappa shape index (κ1) is 20.7.